The zero-order valence-corrected chi connectivity index (χ0v) is 13.9. The van der Waals surface area contributed by atoms with Crippen molar-refractivity contribution in [1.29, 1.82) is 0 Å². The third kappa shape index (κ3) is 3.87. The molecule has 0 aliphatic heterocycles. The number of aryl methyl sites for hydroxylation is 1. The summed E-state index contributed by atoms with van der Waals surface area (Å²) in [5.74, 6) is -1.01. The zero-order chi connectivity index (χ0) is 17.7. The van der Waals surface area contributed by atoms with E-state index >= 15 is 0 Å². The van der Waals surface area contributed by atoms with Gasteiger partial charge in [0.1, 0.15) is 0 Å². The van der Waals surface area contributed by atoms with Crippen LogP contribution in [0.25, 0.3) is 10.8 Å². The first kappa shape index (κ1) is 17.4. The number of carbonyl (C=O) groups is 2. The van der Waals surface area contributed by atoms with Crippen LogP contribution in [0.4, 0.5) is 0 Å². The molecule has 24 heavy (non-hydrogen) atoms. The van der Waals surface area contributed by atoms with Crippen LogP contribution in [0.1, 0.15) is 37.7 Å². The average molecular weight is 328 g/mol. The normalized spacial score (nSPS) is 10.3. The predicted molar refractivity (Wildman–Crippen MR) is 91.3 cm³/mol. The molecule has 0 saturated carbocycles. The second-order valence-corrected chi connectivity index (χ2v) is 5.59. The molecule has 0 spiro atoms. The summed E-state index contributed by atoms with van der Waals surface area (Å²) in [6, 6.07) is 6.78. The van der Waals surface area contributed by atoms with E-state index < -0.39 is 11.8 Å². The molecular weight excluding hydrogens is 308 g/mol. The Morgan fingerprint density at radius 1 is 1.17 bits per heavy atom. The number of nitrogens with one attached hydrogen (secondary N) is 2. The number of hydrogen-bond donors (Lipinski definition) is 2. The fraction of sp³-hybridized carbons (Fsp3) is 0.294. The van der Waals surface area contributed by atoms with Gasteiger partial charge >= 0.3 is 0 Å². The van der Waals surface area contributed by atoms with Gasteiger partial charge in [-0.05, 0) is 26.3 Å². The van der Waals surface area contributed by atoms with Crippen LogP contribution in [-0.2, 0) is 11.3 Å². The lowest BCUT2D eigenvalue weighted by atomic mass is 10.1. The van der Waals surface area contributed by atoms with Gasteiger partial charge < -0.3 is 0 Å². The number of hydrogen-bond acceptors (Lipinski definition) is 4. The molecule has 2 rings (SSSR count). The summed E-state index contributed by atoms with van der Waals surface area (Å²) in [5.41, 5.74) is 5.29. The molecule has 1 heterocycles. The van der Waals surface area contributed by atoms with E-state index in [9.17, 15) is 14.4 Å². The number of nitrogens with zero attached hydrogens (tertiary/aromatic N) is 2. The summed E-state index contributed by atoms with van der Waals surface area (Å²) in [4.78, 5) is 36.4. The first-order valence-corrected chi connectivity index (χ1v) is 7.69. The van der Waals surface area contributed by atoms with Crippen LogP contribution in [0.3, 0.4) is 0 Å². The summed E-state index contributed by atoms with van der Waals surface area (Å²) >= 11 is 0. The quantitative estimate of drug-likeness (QED) is 0.657. The second-order valence-electron chi connectivity index (χ2n) is 5.59. The zero-order valence-electron chi connectivity index (χ0n) is 13.9. The van der Waals surface area contributed by atoms with Gasteiger partial charge in [0, 0.05) is 18.0 Å². The maximum atomic E-state index is 12.4. The fourth-order valence-corrected chi connectivity index (χ4v) is 2.24. The van der Waals surface area contributed by atoms with Gasteiger partial charge in [-0.15, -0.1) is 0 Å². The summed E-state index contributed by atoms with van der Waals surface area (Å²) in [5, 5.41) is 5.02. The third-order valence-corrected chi connectivity index (χ3v) is 3.24. The second kappa shape index (κ2) is 7.54. The Balaban J connectivity index is 2.38. The molecule has 0 radical (unpaired) electrons. The molecular formula is C17H20N4O3. The van der Waals surface area contributed by atoms with Crippen molar-refractivity contribution < 1.29 is 9.59 Å². The van der Waals surface area contributed by atoms with Crippen molar-refractivity contribution in [3.8, 4) is 0 Å². The first-order valence-electron chi connectivity index (χ1n) is 7.69. The number of hydrazine groups is 1. The van der Waals surface area contributed by atoms with Crippen molar-refractivity contribution in [3.05, 3.63) is 52.0 Å². The largest absolute Gasteiger partial charge is 0.290 e. The average Bonchev–Trinajstić information content (AvgIpc) is 2.55. The van der Waals surface area contributed by atoms with Crippen LogP contribution < -0.4 is 16.4 Å². The maximum Gasteiger partial charge on any atom is 0.290 e. The minimum absolute atomic E-state index is 0.0937. The Bertz CT molecular complexity index is 864. The number of fused-ring (bicyclic) bond motifs is 1. The molecule has 1 aromatic heterocycles. The minimum atomic E-state index is -0.577. The van der Waals surface area contributed by atoms with E-state index in [0.29, 0.717) is 23.7 Å². The Morgan fingerprint density at radius 3 is 2.46 bits per heavy atom. The van der Waals surface area contributed by atoms with Crippen LogP contribution >= 0.6 is 0 Å². The van der Waals surface area contributed by atoms with Gasteiger partial charge in [-0.1, -0.05) is 30.7 Å². The van der Waals surface area contributed by atoms with Crippen molar-refractivity contribution in [1.82, 2.24) is 20.6 Å². The van der Waals surface area contributed by atoms with Gasteiger partial charge in [0.2, 0.25) is 0 Å². The molecule has 0 fully saturated rings. The predicted octanol–water partition coefficient (Wildman–Crippen LogP) is 1.53. The maximum absolute atomic E-state index is 12.4. The lowest BCUT2D eigenvalue weighted by Crippen LogP contribution is -2.42. The molecule has 0 aliphatic carbocycles. The molecule has 0 bridgehead atoms. The Morgan fingerprint density at radius 2 is 1.83 bits per heavy atom. The van der Waals surface area contributed by atoms with E-state index in [0.717, 1.165) is 5.57 Å². The van der Waals surface area contributed by atoms with Crippen LogP contribution in [-0.4, -0.2) is 21.6 Å². The van der Waals surface area contributed by atoms with Crippen molar-refractivity contribution >= 4 is 22.6 Å². The summed E-state index contributed by atoms with van der Waals surface area (Å²) in [6.07, 6.45) is 2.08. The smallest absolute Gasteiger partial charge is 0.268 e. The highest BCUT2D eigenvalue weighted by Crippen LogP contribution is 2.13. The standard InChI is InChI=1S/C17H20N4O3/c1-4-9-21-17(24)13-8-6-5-7-12(13)15(20-21)16(23)19-18-14(22)10-11(2)3/h5-8,10H,4,9H2,1-3H3,(H,18,22)(H,19,23). The highest BCUT2D eigenvalue weighted by Gasteiger charge is 2.16. The van der Waals surface area contributed by atoms with Crippen molar-refractivity contribution in [2.45, 2.75) is 33.7 Å². The van der Waals surface area contributed by atoms with Gasteiger partial charge in [-0.25, -0.2) is 4.68 Å². The highest BCUT2D eigenvalue weighted by molar-refractivity contribution is 6.05. The van der Waals surface area contributed by atoms with Crippen molar-refractivity contribution in [2.75, 3.05) is 0 Å². The van der Waals surface area contributed by atoms with E-state index in [2.05, 4.69) is 16.0 Å². The van der Waals surface area contributed by atoms with E-state index in [1.807, 2.05) is 6.92 Å². The molecule has 126 valence electrons. The molecule has 0 saturated heterocycles. The number of amides is 2. The molecule has 2 amide bonds. The van der Waals surface area contributed by atoms with E-state index in [1.165, 1.54) is 10.8 Å². The SMILES string of the molecule is CCCn1nc(C(=O)NNC(=O)C=C(C)C)c2ccccc2c1=O. The highest BCUT2D eigenvalue weighted by atomic mass is 16.2. The lowest BCUT2D eigenvalue weighted by Gasteiger charge is -2.11. The molecule has 2 aromatic rings. The van der Waals surface area contributed by atoms with Crippen LogP contribution in [0, 0.1) is 0 Å². The number of benzene rings is 1. The van der Waals surface area contributed by atoms with Crippen LogP contribution in [0.5, 0.6) is 0 Å². The Kier molecular flexibility index (Phi) is 5.47. The third-order valence-electron chi connectivity index (χ3n) is 3.24. The Hall–Kier alpha value is -2.96. The molecule has 1 aromatic carbocycles. The molecule has 2 N–H and O–H groups in total. The summed E-state index contributed by atoms with van der Waals surface area (Å²) in [7, 11) is 0. The van der Waals surface area contributed by atoms with Gasteiger partial charge in [-0.3, -0.25) is 25.2 Å². The van der Waals surface area contributed by atoms with Crippen molar-refractivity contribution in [2.24, 2.45) is 0 Å². The van der Waals surface area contributed by atoms with Crippen molar-refractivity contribution in [3.63, 3.8) is 0 Å². The van der Waals surface area contributed by atoms with Gasteiger partial charge in [-0.2, -0.15) is 5.10 Å². The number of aromatic nitrogens is 2. The van der Waals surface area contributed by atoms with E-state index in [-0.39, 0.29) is 11.3 Å². The lowest BCUT2D eigenvalue weighted by molar-refractivity contribution is -0.117. The molecule has 7 heteroatoms. The van der Waals surface area contributed by atoms with Gasteiger partial charge in [0.05, 0.1) is 5.39 Å². The minimum Gasteiger partial charge on any atom is -0.268 e. The van der Waals surface area contributed by atoms with E-state index in [4.69, 9.17) is 0 Å². The van der Waals surface area contributed by atoms with Crippen LogP contribution in [0.15, 0.2) is 40.7 Å². The molecule has 0 unspecified atom stereocenters. The number of allylic oxidation sites excluding steroid dienone is 1. The molecule has 0 atom stereocenters. The topological polar surface area (TPSA) is 93.1 Å². The van der Waals surface area contributed by atoms with Gasteiger partial charge in [0.15, 0.2) is 5.69 Å². The fourth-order valence-electron chi connectivity index (χ4n) is 2.24. The summed E-state index contributed by atoms with van der Waals surface area (Å²) in [6.45, 7) is 5.88. The Labute approximate surface area is 139 Å². The first-order chi connectivity index (χ1) is 11.4. The monoisotopic (exact) mass is 328 g/mol. The van der Waals surface area contributed by atoms with Crippen LogP contribution in [0.2, 0.25) is 0 Å². The van der Waals surface area contributed by atoms with E-state index in [1.54, 1.807) is 38.1 Å². The van der Waals surface area contributed by atoms with Gasteiger partial charge in [0.25, 0.3) is 17.4 Å². The molecule has 0 aliphatic rings. The summed E-state index contributed by atoms with van der Waals surface area (Å²) < 4.78 is 1.27. The molecule has 7 nitrogen and oxygen atoms in total. The number of rotatable bonds is 4. The number of carbonyl (C=O) groups excluding carboxylic acids is 2.